The molecule has 0 unspecified atom stereocenters. The number of rotatable bonds is 23. The van der Waals surface area contributed by atoms with Crippen molar-refractivity contribution in [2.24, 2.45) is 17.4 Å². The van der Waals surface area contributed by atoms with E-state index < -0.39 is 109 Å². The number of aliphatic carboxylic acids is 2. The molecule has 0 bridgehead atoms. The average Bonchev–Trinajstić information content (AvgIpc) is 2.99. The Balaban J connectivity index is 5.66. The van der Waals surface area contributed by atoms with Crippen molar-refractivity contribution < 1.29 is 53.7 Å². The average molecular weight is 689 g/mol. The highest BCUT2D eigenvalue weighted by Crippen LogP contribution is 2.08. The van der Waals surface area contributed by atoms with Crippen molar-refractivity contribution in [2.45, 2.75) is 115 Å². The van der Waals surface area contributed by atoms with Gasteiger partial charge in [0.15, 0.2) is 0 Å². The van der Waals surface area contributed by atoms with E-state index in [9.17, 15) is 48.6 Å². The van der Waals surface area contributed by atoms with Crippen molar-refractivity contribution in [3.63, 3.8) is 0 Å². The summed E-state index contributed by atoms with van der Waals surface area (Å²) in [6, 6.07) is -8.74. The van der Waals surface area contributed by atoms with Crippen molar-refractivity contribution in [1.82, 2.24) is 31.9 Å². The maximum Gasteiger partial charge on any atom is 0.326 e. The molecule has 0 aromatic heterocycles. The first-order valence-electron chi connectivity index (χ1n) is 15.7. The Morgan fingerprint density at radius 3 is 1.50 bits per heavy atom. The van der Waals surface area contributed by atoms with Gasteiger partial charge in [-0.3, -0.25) is 33.6 Å². The number of nitrogens with two attached hydrogens (primary N) is 2. The fourth-order valence-electron chi connectivity index (χ4n) is 4.11. The maximum absolute atomic E-state index is 13.2. The van der Waals surface area contributed by atoms with E-state index >= 15 is 0 Å². The smallest absolute Gasteiger partial charge is 0.326 e. The molecule has 48 heavy (non-hydrogen) atoms. The molecular formula is C29H52N8O11. The van der Waals surface area contributed by atoms with E-state index in [1.165, 1.54) is 20.8 Å². The number of carbonyl (C=O) groups is 8. The molecule has 0 spiro atoms. The Morgan fingerprint density at radius 2 is 1.04 bits per heavy atom. The van der Waals surface area contributed by atoms with E-state index in [0.29, 0.717) is 19.4 Å². The number of amides is 6. The minimum absolute atomic E-state index is 0.0666. The molecular weight excluding hydrogens is 636 g/mol. The lowest BCUT2D eigenvalue weighted by molar-refractivity contribution is -0.143. The molecule has 19 nitrogen and oxygen atoms in total. The van der Waals surface area contributed by atoms with Gasteiger partial charge in [-0.15, -0.1) is 0 Å². The van der Waals surface area contributed by atoms with Gasteiger partial charge in [0.05, 0.1) is 12.6 Å². The topological polar surface area (TPSA) is 321 Å². The first-order chi connectivity index (χ1) is 22.3. The lowest BCUT2D eigenvalue weighted by Crippen LogP contribution is -2.60. The molecule has 0 aromatic rings. The van der Waals surface area contributed by atoms with Crippen molar-refractivity contribution in [3.05, 3.63) is 0 Å². The molecule has 0 fully saturated rings. The molecule has 13 N–H and O–H groups in total. The third-order valence-corrected chi connectivity index (χ3v) is 6.91. The minimum Gasteiger partial charge on any atom is -0.481 e. The van der Waals surface area contributed by atoms with Gasteiger partial charge in [0.1, 0.15) is 36.3 Å². The second-order valence-electron chi connectivity index (χ2n) is 11.9. The predicted octanol–water partition coefficient (Wildman–Crippen LogP) is -3.60. The van der Waals surface area contributed by atoms with Gasteiger partial charge in [-0.05, 0) is 65.3 Å². The van der Waals surface area contributed by atoms with Crippen molar-refractivity contribution in [2.75, 3.05) is 13.2 Å². The molecule has 274 valence electrons. The third-order valence-electron chi connectivity index (χ3n) is 6.91. The molecule has 6 amide bonds. The Morgan fingerprint density at radius 1 is 0.583 bits per heavy atom. The summed E-state index contributed by atoms with van der Waals surface area (Å²) in [6.07, 6.45) is 0.202. The molecule has 0 heterocycles. The molecule has 0 aliphatic carbocycles. The third kappa shape index (κ3) is 17.0. The van der Waals surface area contributed by atoms with E-state index in [2.05, 4.69) is 31.9 Å². The largest absolute Gasteiger partial charge is 0.481 e. The van der Waals surface area contributed by atoms with Gasteiger partial charge in [0.25, 0.3) is 0 Å². The van der Waals surface area contributed by atoms with Crippen molar-refractivity contribution in [1.29, 1.82) is 0 Å². The van der Waals surface area contributed by atoms with Crippen LogP contribution in [0.15, 0.2) is 0 Å². The first-order valence-corrected chi connectivity index (χ1v) is 15.7. The van der Waals surface area contributed by atoms with Gasteiger partial charge < -0.3 is 58.7 Å². The monoisotopic (exact) mass is 688 g/mol. The molecule has 0 aromatic carbocycles. The van der Waals surface area contributed by atoms with Crippen LogP contribution < -0.4 is 43.4 Å². The normalized spacial score (nSPS) is 15.4. The fourth-order valence-corrected chi connectivity index (χ4v) is 4.11. The molecule has 0 aliphatic heterocycles. The second kappa shape index (κ2) is 22.3. The Kier molecular flexibility index (Phi) is 20.2. The Labute approximate surface area is 279 Å². The highest BCUT2D eigenvalue weighted by Gasteiger charge is 2.32. The molecule has 0 rings (SSSR count). The number of carbonyl (C=O) groups excluding carboxylic acids is 6. The molecule has 0 saturated carbocycles. The minimum atomic E-state index is -1.56. The summed E-state index contributed by atoms with van der Waals surface area (Å²) in [7, 11) is 0. The zero-order valence-corrected chi connectivity index (χ0v) is 28.0. The molecule has 0 saturated heterocycles. The van der Waals surface area contributed by atoms with Crippen LogP contribution in [0.3, 0.4) is 0 Å². The zero-order chi connectivity index (χ0) is 37.1. The first kappa shape index (κ1) is 43.6. The maximum atomic E-state index is 13.2. The molecule has 0 aliphatic rings. The highest BCUT2D eigenvalue weighted by molar-refractivity contribution is 5.96. The summed E-state index contributed by atoms with van der Waals surface area (Å²) in [5.41, 5.74) is 11.1. The lowest BCUT2D eigenvalue weighted by Gasteiger charge is -2.26. The van der Waals surface area contributed by atoms with Gasteiger partial charge >= 0.3 is 11.9 Å². The lowest BCUT2D eigenvalue weighted by atomic mass is 10.0. The number of hydrogen-bond donors (Lipinski definition) is 11. The summed E-state index contributed by atoms with van der Waals surface area (Å²) in [6.45, 7) is 7.01. The van der Waals surface area contributed by atoms with Crippen molar-refractivity contribution in [3.8, 4) is 0 Å². The summed E-state index contributed by atoms with van der Waals surface area (Å²) < 4.78 is 0. The van der Waals surface area contributed by atoms with Gasteiger partial charge in [0, 0.05) is 6.42 Å². The number of unbranched alkanes of at least 4 members (excludes halogenated alkanes) is 1. The van der Waals surface area contributed by atoms with E-state index in [-0.39, 0.29) is 18.8 Å². The Bertz CT molecular complexity index is 1130. The van der Waals surface area contributed by atoms with Crippen molar-refractivity contribution >= 4 is 47.4 Å². The van der Waals surface area contributed by atoms with Crippen LogP contribution in [0.5, 0.6) is 0 Å². The van der Waals surface area contributed by atoms with Crippen LogP contribution in [-0.4, -0.2) is 118 Å². The van der Waals surface area contributed by atoms with E-state index in [0.717, 1.165) is 0 Å². The van der Waals surface area contributed by atoms with Crippen LogP contribution in [0, 0.1) is 5.92 Å². The standard InChI is InChI=1S/C29H52N8O11/c1-14(2)12-20(27(45)33-17(5)25(43)35-19(29(47)48)9-10-22(39)40)36-28(46)21(13-38)37-26(44)18(8-6-7-11-30)34-24(42)16(4)32-23(41)15(3)31/h14-21,38H,6-13,30-31H2,1-5H3,(H,32,41)(H,33,45)(H,34,42)(H,35,43)(H,36,46)(H,37,44)(H,39,40)(H,47,48)/t15-,16-,17-,18-,19-,20-,21-/m0/s1. The van der Waals surface area contributed by atoms with Gasteiger partial charge in [-0.2, -0.15) is 0 Å². The van der Waals surface area contributed by atoms with E-state index in [1.807, 2.05) is 0 Å². The second-order valence-corrected chi connectivity index (χ2v) is 11.9. The van der Waals surface area contributed by atoms with E-state index in [4.69, 9.17) is 16.6 Å². The molecule has 19 heteroatoms. The Hall–Kier alpha value is -4.36. The molecule has 0 radical (unpaired) electrons. The quantitative estimate of drug-likeness (QED) is 0.0463. The molecule has 7 atom stereocenters. The number of hydrogen-bond acceptors (Lipinski definition) is 11. The number of nitrogens with one attached hydrogen (secondary N) is 6. The van der Waals surface area contributed by atoms with Gasteiger partial charge in [-0.1, -0.05) is 13.8 Å². The highest BCUT2D eigenvalue weighted by atomic mass is 16.4. The summed E-state index contributed by atoms with van der Waals surface area (Å²) in [4.78, 5) is 98.9. The van der Waals surface area contributed by atoms with Gasteiger partial charge in [-0.25, -0.2) is 4.79 Å². The summed E-state index contributed by atoms with van der Waals surface area (Å²) in [5.74, 6) is -7.69. The predicted molar refractivity (Wildman–Crippen MR) is 171 cm³/mol. The van der Waals surface area contributed by atoms with Crippen LogP contribution in [0.2, 0.25) is 0 Å². The van der Waals surface area contributed by atoms with Gasteiger partial charge in [0.2, 0.25) is 35.4 Å². The SMILES string of the molecule is CC(C)C[C@H](NC(=O)[C@H](CO)NC(=O)[C@H](CCCCN)NC(=O)[C@H](C)NC(=O)[C@H](C)N)C(=O)N[C@@H](C)C(=O)N[C@@H](CCC(=O)O)C(=O)O. The number of aliphatic hydroxyl groups is 1. The van der Waals surface area contributed by atoms with Crippen LogP contribution in [0.25, 0.3) is 0 Å². The van der Waals surface area contributed by atoms with Crippen LogP contribution in [0.4, 0.5) is 0 Å². The van der Waals surface area contributed by atoms with Crippen LogP contribution in [0.1, 0.15) is 73.1 Å². The number of carboxylic acid groups (broad SMARTS) is 2. The zero-order valence-electron chi connectivity index (χ0n) is 28.0. The summed E-state index contributed by atoms with van der Waals surface area (Å²) >= 11 is 0. The number of aliphatic hydroxyl groups excluding tert-OH is 1. The van der Waals surface area contributed by atoms with Crippen LogP contribution in [-0.2, 0) is 38.4 Å². The van der Waals surface area contributed by atoms with Crippen LogP contribution >= 0.6 is 0 Å². The summed E-state index contributed by atoms with van der Waals surface area (Å²) in [5, 5.41) is 42.3. The van der Waals surface area contributed by atoms with E-state index in [1.54, 1.807) is 13.8 Å². The fraction of sp³-hybridized carbons (Fsp3) is 0.724. The number of carboxylic acids is 2.